The van der Waals surface area contributed by atoms with Crippen LogP contribution in [0.2, 0.25) is 0 Å². The number of sulfone groups is 1. The zero-order valence-corrected chi connectivity index (χ0v) is 21.9. The van der Waals surface area contributed by atoms with Gasteiger partial charge in [-0.1, -0.05) is 19.9 Å². The van der Waals surface area contributed by atoms with Crippen molar-refractivity contribution in [3.8, 4) is 17.1 Å². The van der Waals surface area contributed by atoms with Gasteiger partial charge < -0.3 is 0 Å². The molecule has 4 aromatic rings. The summed E-state index contributed by atoms with van der Waals surface area (Å²) in [6.45, 7) is 4.29. The highest BCUT2D eigenvalue weighted by Gasteiger charge is 2.66. The monoisotopic (exact) mass is 537 g/mol. The molecule has 9 nitrogen and oxygen atoms in total. The van der Waals surface area contributed by atoms with Gasteiger partial charge in [0.2, 0.25) is 0 Å². The Balaban J connectivity index is 1.41. The zero-order valence-electron chi connectivity index (χ0n) is 21.1. The average Bonchev–Trinajstić information content (AvgIpc) is 3.50. The Bertz CT molecular complexity index is 1670. The molecule has 2 bridgehead atoms. The smallest absolute Gasteiger partial charge is 0.158 e. The van der Waals surface area contributed by atoms with Crippen molar-refractivity contribution in [2.45, 2.75) is 44.4 Å². The number of fused-ring (bicyclic) bond motifs is 5. The van der Waals surface area contributed by atoms with E-state index in [1.165, 1.54) is 35.5 Å². The summed E-state index contributed by atoms with van der Waals surface area (Å²) in [6, 6.07) is 7.21. The molecule has 0 saturated heterocycles. The Morgan fingerprint density at radius 1 is 1.11 bits per heavy atom. The maximum absolute atomic E-state index is 14.5. The lowest BCUT2D eigenvalue weighted by atomic mass is 9.68. The summed E-state index contributed by atoms with van der Waals surface area (Å²) in [5, 5.41) is 13.2. The van der Waals surface area contributed by atoms with E-state index in [1.54, 1.807) is 18.3 Å². The first-order valence-corrected chi connectivity index (χ1v) is 14.3. The number of benzene rings is 1. The SMILES string of the molecule is CC1(C)[C@H]2CC[C@@]1(c1nccc(-n3cnc(CCS(C)(=O)=O)n3)n1)c1nnc(-c3c(F)cccc3F)cc12. The lowest BCUT2D eigenvalue weighted by Crippen LogP contribution is -2.39. The van der Waals surface area contributed by atoms with Gasteiger partial charge in [0.05, 0.1) is 28.1 Å². The van der Waals surface area contributed by atoms with Crippen molar-refractivity contribution < 1.29 is 17.2 Å². The molecule has 38 heavy (non-hydrogen) atoms. The van der Waals surface area contributed by atoms with E-state index in [4.69, 9.17) is 4.98 Å². The van der Waals surface area contributed by atoms with Crippen molar-refractivity contribution >= 4 is 9.84 Å². The van der Waals surface area contributed by atoms with E-state index >= 15 is 0 Å². The van der Waals surface area contributed by atoms with Crippen molar-refractivity contribution in [1.82, 2.24) is 34.9 Å². The van der Waals surface area contributed by atoms with Crippen molar-refractivity contribution in [3.63, 3.8) is 0 Å². The molecule has 0 aliphatic heterocycles. The second-order valence-electron chi connectivity index (χ2n) is 10.6. The molecule has 1 aromatic carbocycles. The van der Waals surface area contributed by atoms with Crippen LogP contribution < -0.4 is 0 Å². The molecule has 3 heterocycles. The number of rotatable bonds is 6. The third-order valence-corrected chi connectivity index (χ3v) is 9.04. The number of hydrogen-bond donors (Lipinski definition) is 0. The van der Waals surface area contributed by atoms with E-state index in [0.717, 1.165) is 24.1 Å². The Morgan fingerprint density at radius 2 is 1.87 bits per heavy atom. The van der Waals surface area contributed by atoms with Crippen LogP contribution in [-0.4, -0.2) is 55.4 Å². The molecule has 1 saturated carbocycles. The van der Waals surface area contributed by atoms with E-state index in [0.29, 0.717) is 17.5 Å². The second kappa shape index (κ2) is 8.42. The van der Waals surface area contributed by atoms with Gasteiger partial charge in [-0.2, -0.15) is 5.10 Å². The summed E-state index contributed by atoms with van der Waals surface area (Å²) >= 11 is 0. The first-order chi connectivity index (χ1) is 18.0. The topological polar surface area (TPSA) is 116 Å². The minimum absolute atomic E-state index is 0.0427. The molecule has 2 aliphatic carbocycles. The van der Waals surface area contributed by atoms with Crippen LogP contribution in [0.5, 0.6) is 0 Å². The Kier molecular flexibility index (Phi) is 5.46. The van der Waals surface area contributed by atoms with Crippen molar-refractivity contribution in [2.24, 2.45) is 5.41 Å². The minimum Gasteiger partial charge on any atom is -0.240 e. The Morgan fingerprint density at radius 3 is 2.61 bits per heavy atom. The van der Waals surface area contributed by atoms with Crippen LogP contribution in [0.15, 0.2) is 42.9 Å². The summed E-state index contributed by atoms with van der Waals surface area (Å²) in [6.07, 6.45) is 6.13. The molecule has 1 fully saturated rings. The quantitative estimate of drug-likeness (QED) is 0.366. The summed E-state index contributed by atoms with van der Waals surface area (Å²) in [5.41, 5.74) is 0.626. The first kappa shape index (κ1) is 24.7. The van der Waals surface area contributed by atoms with Gasteiger partial charge in [-0.25, -0.2) is 36.8 Å². The maximum atomic E-state index is 14.5. The molecule has 196 valence electrons. The molecule has 0 spiro atoms. The summed E-state index contributed by atoms with van der Waals surface area (Å²) in [7, 11) is -3.14. The van der Waals surface area contributed by atoms with Gasteiger partial charge in [0, 0.05) is 24.9 Å². The van der Waals surface area contributed by atoms with Crippen LogP contribution in [0.4, 0.5) is 8.78 Å². The lowest BCUT2D eigenvalue weighted by Gasteiger charge is -2.36. The third kappa shape index (κ3) is 3.64. The number of aromatic nitrogens is 7. The fourth-order valence-corrected chi connectivity index (χ4v) is 6.72. The molecule has 0 amide bonds. The number of aryl methyl sites for hydroxylation is 1. The van der Waals surface area contributed by atoms with Crippen LogP contribution in [0.3, 0.4) is 0 Å². The normalized spacial score (nSPS) is 21.6. The summed E-state index contributed by atoms with van der Waals surface area (Å²) < 4.78 is 53.5. The predicted molar refractivity (Wildman–Crippen MR) is 134 cm³/mol. The highest BCUT2D eigenvalue weighted by molar-refractivity contribution is 7.90. The van der Waals surface area contributed by atoms with Crippen LogP contribution in [-0.2, 0) is 21.7 Å². The lowest BCUT2D eigenvalue weighted by molar-refractivity contribution is 0.237. The zero-order chi connectivity index (χ0) is 26.9. The van der Waals surface area contributed by atoms with Gasteiger partial charge in [0.15, 0.2) is 11.6 Å². The van der Waals surface area contributed by atoms with Gasteiger partial charge in [-0.15, -0.1) is 10.2 Å². The van der Waals surface area contributed by atoms with Crippen molar-refractivity contribution in [1.29, 1.82) is 0 Å². The van der Waals surface area contributed by atoms with Crippen LogP contribution in [0.25, 0.3) is 17.1 Å². The largest absolute Gasteiger partial charge is 0.240 e. The molecule has 0 N–H and O–H groups in total. The number of hydrogen-bond acceptors (Lipinski definition) is 8. The fraction of sp³-hybridized carbons (Fsp3) is 0.385. The van der Waals surface area contributed by atoms with Gasteiger partial charge in [-0.05, 0) is 47.9 Å². The minimum atomic E-state index is -3.14. The molecular formula is C26H25F2N7O2S. The van der Waals surface area contributed by atoms with Crippen LogP contribution in [0.1, 0.15) is 55.5 Å². The third-order valence-electron chi connectivity index (χ3n) is 8.09. The van der Waals surface area contributed by atoms with E-state index in [2.05, 4.69) is 39.1 Å². The first-order valence-electron chi connectivity index (χ1n) is 12.3. The summed E-state index contributed by atoms with van der Waals surface area (Å²) in [5.74, 6) is 0.135. The number of halogens is 2. The van der Waals surface area contributed by atoms with E-state index in [9.17, 15) is 17.2 Å². The highest BCUT2D eigenvalue weighted by Crippen LogP contribution is 2.69. The van der Waals surface area contributed by atoms with Gasteiger partial charge >= 0.3 is 0 Å². The van der Waals surface area contributed by atoms with E-state index in [1.807, 2.05) is 0 Å². The van der Waals surface area contributed by atoms with E-state index < -0.39 is 26.9 Å². The van der Waals surface area contributed by atoms with Crippen LogP contribution in [0, 0.1) is 17.0 Å². The highest BCUT2D eigenvalue weighted by atomic mass is 32.2. The molecule has 3 aromatic heterocycles. The molecule has 12 heteroatoms. The fourth-order valence-electron chi connectivity index (χ4n) is 6.16. The molecular weight excluding hydrogens is 512 g/mol. The molecule has 0 unspecified atom stereocenters. The van der Waals surface area contributed by atoms with Crippen molar-refractivity contribution in [2.75, 3.05) is 12.0 Å². The molecule has 0 radical (unpaired) electrons. The van der Waals surface area contributed by atoms with Gasteiger partial charge in [0.25, 0.3) is 0 Å². The second-order valence-corrected chi connectivity index (χ2v) is 12.8. The molecule has 2 aliphatic rings. The Hall–Kier alpha value is -3.67. The van der Waals surface area contributed by atoms with E-state index in [-0.39, 0.29) is 34.8 Å². The standard InChI is InChI=1S/C26H25F2N7O2S/c1-25(2)16-7-10-26(25,23-15(16)13-19(32-33-23)22-17(27)5-4-6-18(22)28)24-29-11-8-21(31-24)35-14-30-20(34-35)9-12-38(3,36)37/h4-6,8,11,13-14,16H,7,9-10,12H2,1-3H3/t16-,26-/m0/s1. The maximum Gasteiger partial charge on any atom is 0.158 e. The van der Waals surface area contributed by atoms with Gasteiger partial charge in [0.1, 0.15) is 33.6 Å². The molecule has 2 atom stereocenters. The molecule has 6 rings (SSSR count). The van der Waals surface area contributed by atoms with Gasteiger partial charge in [-0.3, -0.25) is 0 Å². The van der Waals surface area contributed by atoms with Crippen molar-refractivity contribution in [3.05, 3.63) is 77.4 Å². The average molecular weight is 538 g/mol. The summed E-state index contributed by atoms with van der Waals surface area (Å²) in [4.78, 5) is 13.7. The number of nitrogens with zero attached hydrogens (tertiary/aromatic N) is 7. The Labute approximate surface area is 218 Å². The predicted octanol–water partition coefficient (Wildman–Crippen LogP) is 3.58. The van der Waals surface area contributed by atoms with Crippen LogP contribution >= 0.6 is 0 Å².